The number of amidine groups is 1. The largest absolute Gasteiger partial charge is 0.308 e. The van der Waals surface area contributed by atoms with Gasteiger partial charge in [-0.05, 0) is 18.2 Å². The first-order valence-corrected chi connectivity index (χ1v) is 10.1. The number of rotatable bonds is 2. The van der Waals surface area contributed by atoms with Crippen LogP contribution in [0.2, 0.25) is 10.0 Å². The van der Waals surface area contributed by atoms with Crippen molar-refractivity contribution < 1.29 is 8.42 Å². The predicted octanol–water partition coefficient (Wildman–Crippen LogP) is 2.96. The van der Waals surface area contributed by atoms with Crippen LogP contribution in [0.25, 0.3) is 11.6 Å². The van der Waals surface area contributed by atoms with E-state index in [0.717, 1.165) is 23.2 Å². The van der Waals surface area contributed by atoms with Gasteiger partial charge < -0.3 is 4.90 Å². The van der Waals surface area contributed by atoms with E-state index in [1.165, 1.54) is 6.20 Å². The number of aromatic nitrogens is 2. The smallest absolute Gasteiger partial charge is 0.248 e. The number of sulfone groups is 1. The van der Waals surface area contributed by atoms with Crippen molar-refractivity contribution in [1.82, 2.24) is 9.97 Å². The van der Waals surface area contributed by atoms with E-state index in [1.54, 1.807) is 12.1 Å². The van der Waals surface area contributed by atoms with Gasteiger partial charge in [0.1, 0.15) is 11.7 Å². The van der Waals surface area contributed by atoms with Gasteiger partial charge >= 0.3 is 0 Å². The van der Waals surface area contributed by atoms with Crippen LogP contribution in [0.1, 0.15) is 11.1 Å². The molecule has 2 aliphatic rings. The molecule has 128 valence electrons. The highest BCUT2D eigenvalue weighted by Gasteiger charge is 2.31. The van der Waals surface area contributed by atoms with Gasteiger partial charge in [0, 0.05) is 40.7 Å². The first-order chi connectivity index (χ1) is 11.8. The Morgan fingerprint density at radius 3 is 2.76 bits per heavy atom. The Hall–Kier alpha value is -1.96. The molecule has 0 atom stereocenters. The molecule has 3 heterocycles. The van der Waals surface area contributed by atoms with Gasteiger partial charge in [0.25, 0.3) is 0 Å². The van der Waals surface area contributed by atoms with Gasteiger partial charge in [0.2, 0.25) is 15.0 Å². The van der Waals surface area contributed by atoms with Crippen molar-refractivity contribution in [1.29, 1.82) is 0 Å². The van der Waals surface area contributed by atoms with Gasteiger partial charge in [-0.25, -0.2) is 13.4 Å². The molecule has 0 fully saturated rings. The summed E-state index contributed by atoms with van der Waals surface area (Å²) in [7, 11) is -3.49. The Kier molecular flexibility index (Phi) is 3.82. The van der Waals surface area contributed by atoms with Gasteiger partial charge in [-0.1, -0.05) is 29.3 Å². The number of fused-ring (bicyclic) bond motifs is 3. The Labute approximate surface area is 154 Å². The summed E-state index contributed by atoms with van der Waals surface area (Å²) in [5.74, 6) is 1.26. The number of halogens is 2. The molecule has 9 heteroatoms. The van der Waals surface area contributed by atoms with Crippen LogP contribution in [0.5, 0.6) is 0 Å². The highest BCUT2D eigenvalue weighted by Crippen LogP contribution is 2.37. The molecular weight excluding hydrogens is 383 g/mol. The summed E-state index contributed by atoms with van der Waals surface area (Å²) >= 11 is 12.3. The quantitative estimate of drug-likeness (QED) is 0.731. The maximum absolute atomic E-state index is 11.8. The summed E-state index contributed by atoms with van der Waals surface area (Å²) in [4.78, 5) is 14.7. The molecule has 2 aromatic rings. The Bertz CT molecular complexity index is 1060. The van der Waals surface area contributed by atoms with E-state index >= 15 is 0 Å². The second kappa shape index (κ2) is 5.79. The summed E-state index contributed by atoms with van der Waals surface area (Å²) in [5.41, 5.74) is 2.35. The molecule has 0 saturated carbocycles. The fourth-order valence-corrected chi connectivity index (χ4v) is 3.88. The molecule has 0 unspecified atom stereocenters. The summed E-state index contributed by atoms with van der Waals surface area (Å²) in [6.45, 7) is 1.21. The molecule has 1 aromatic carbocycles. The van der Waals surface area contributed by atoms with E-state index in [2.05, 4.69) is 15.0 Å². The maximum Gasteiger partial charge on any atom is 0.248 e. The summed E-state index contributed by atoms with van der Waals surface area (Å²) in [6, 6.07) is 5.28. The third-order valence-corrected chi connectivity index (χ3v) is 5.37. The molecular formula is C16H12Cl2N4O2S. The lowest BCUT2D eigenvalue weighted by Crippen LogP contribution is -2.32. The number of hydrogen-bond donors (Lipinski definition) is 0. The topological polar surface area (TPSA) is 75.5 Å². The molecule has 2 aliphatic heterocycles. The predicted molar refractivity (Wildman–Crippen MR) is 99.1 cm³/mol. The van der Waals surface area contributed by atoms with Gasteiger partial charge in [-0.3, -0.25) is 4.99 Å². The molecule has 6 nitrogen and oxygen atoms in total. The average molecular weight is 395 g/mol. The highest BCUT2D eigenvalue weighted by atomic mass is 35.5. The van der Waals surface area contributed by atoms with Crippen LogP contribution in [-0.4, -0.2) is 43.6 Å². The first kappa shape index (κ1) is 16.5. The molecule has 0 radical (unpaired) electrons. The SMILES string of the molecule is CS(=O)(=O)c1ncc2c(n1)N1CCN=C1C(c1ccc(Cl)cc1Cl)=C2. The van der Waals surface area contributed by atoms with Crippen LogP contribution in [0.3, 0.4) is 0 Å². The third-order valence-electron chi connectivity index (χ3n) is 3.96. The van der Waals surface area contributed by atoms with Crippen LogP contribution < -0.4 is 4.90 Å². The van der Waals surface area contributed by atoms with Crippen molar-refractivity contribution >= 4 is 56.3 Å². The van der Waals surface area contributed by atoms with Crippen LogP contribution >= 0.6 is 23.2 Å². The summed E-state index contributed by atoms with van der Waals surface area (Å²) in [5, 5.41) is 0.876. The van der Waals surface area contributed by atoms with E-state index in [0.29, 0.717) is 34.5 Å². The van der Waals surface area contributed by atoms with E-state index in [-0.39, 0.29) is 5.16 Å². The van der Waals surface area contributed by atoms with E-state index in [1.807, 2.05) is 17.0 Å². The monoisotopic (exact) mass is 394 g/mol. The van der Waals surface area contributed by atoms with Crippen molar-refractivity contribution in [3.05, 3.63) is 45.6 Å². The summed E-state index contributed by atoms with van der Waals surface area (Å²) in [6.07, 6.45) is 4.47. The van der Waals surface area contributed by atoms with E-state index in [9.17, 15) is 8.42 Å². The Morgan fingerprint density at radius 1 is 1.24 bits per heavy atom. The molecule has 4 rings (SSSR count). The lowest BCUT2D eigenvalue weighted by atomic mass is 9.98. The average Bonchev–Trinajstić information content (AvgIpc) is 3.03. The van der Waals surface area contributed by atoms with Crippen LogP contribution in [0.15, 0.2) is 34.5 Å². The number of hydrogen-bond acceptors (Lipinski definition) is 6. The van der Waals surface area contributed by atoms with Crippen LogP contribution in [0.4, 0.5) is 5.82 Å². The van der Waals surface area contributed by atoms with Gasteiger partial charge in [0.05, 0.1) is 11.6 Å². The van der Waals surface area contributed by atoms with Gasteiger partial charge in [-0.2, -0.15) is 4.98 Å². The number of anilines is 1. The maximum atomic E-state index is 11.8. The number of nitrogens with zero attached hydrogens (tertiary/aromatic N) is 4. The second-order valence-electron chi connectivity index (χ2n) is 5.74. The lowest BCUT2D eigenvalue weighted by Gasteiger charge is -2.27. The highest BCUT2D eigenvalue weighted by molar-refractivity contribution is 7.90. The lowest BCUT2D eigenvalue weighted by molar-refractivity contribution is 0.593. The van der Waals surface area contributed by atoms with Crippen LogP contribution in [0, 0.1) is 0 Å². The number of benzene rings is 1. The molecule has 0 amide bonds. The molecule has 0 N–H and O–H groups in total. The van der Waals surface area contributed by atoms with Crippen molar-refractivity contribution in [3.8, 4) is 0 Å². The fourth-order valence-electron chi connectivity index (χ4n) is 2.87. The standard InChI is InChI=1S/C16H12Cl2N4O2S/c1-25(23,24)16-20-8-9-6-12(11-3-2-10(17)7-13(11)18)15-19-4-5-22(15)14(9)21-16/h2-3,6-8H,4-5H2,1H3. The van der Waals surface area contributed by atoms with E-state index < -0.39 is 9.84 Å². The van der Waals surface area contributed by atoms with Crippen molar-refractivity contribution in [3.63, 3.8) is 0 Å². The third kappa shape index (κ3) is 2.82. The van der Waals surface area contributed by atoms with Gasteiger partial charge in [0.15, 0.2) is 0 Å². The molecule has 25 heavy (non-hydrogen) atoms. The Balaban J connectivity index is 1.92. The molecule has 0 spiro atoms. The van der Waals surface area contributed by atoms with Crippen molar-refractivity contribution in [2.45, 2.75) is 5.16 Å². The molecule has 0 bridgehead atoms. The Morgan fingerprint density at radius 2 is 2.04 bits per heavy atom. The minimum Gasteiger partial charge on any atom is -0.308 e. The minimum absolute atomic E-state index is 0.195. The normalized spacial score (nSPS) is 16.2. The van der Waals surface area contributed by atoms with Gasteiger partial charge in [-0.15, -0.1) is 0 Å². The zero-order chi connectivity index (χ0) is 17.8. The van der Waals surface area contributed by atoms with Crippen LogP contribution in [-0.2, 0) is 9.84 Å². The second-order valence-corrected chi connectivity index (χ2v) is 8.50. The minimum atomic E-state index is -3.49. The zero-order valence-corrected chi connectivity index (χ0v) is 15.4. The van der Waals surface area contributed by atoms with E-state index in [4.69, 9.17) is 23.2 Å². The van der Waals surface area contributed by atoms with Crippen molar-refractivity contribution in [2.75, 3.05) is 24.2 Å². The zero-order valence-electron chi connectivity index (χ0n) is 13.1. The molecule has 0 saturated heterocycles. The first-order valence-electron chi connectivity index (χ1n) is 7.41. The molecule has 1 aromatic heterocycles. The fraction of sp³-hybridized carbons (Fsp3) is 0.188. The molecule has 0 aliphatic carbocycles. The van der Waals surface area contributed by atoms with Crippen molar-refractivity contribution in [2.24, 2.45) is 4.99 Å². The summed E-state index contributed by atoms with van der Waals surface area (Å²) < 4.78 is 23.5. The number of aliphatic imine (C=N–C) groups is 1.